The van der Waals surface area contributed by atoms with E-state index in [2.05, 4.69) is 16.0 Å². The first-order chi connectivity index (χ1) is 13.5. The molecule has 0 radical (unpaired) electrons. The van der Waals surface area contributed by atoms with Crippen molar-refractivity contribution in [1.82, 2.24) is 16.0 Å². The highest BCUT2D eigenvalue weighted by molar-refractivity contribution is 5.92. The SMILES string of the molecule is CC(NC(=O)CNC(=O)C(N)C(C)C)C(=O)NC(Cc1ccc(O)cc1)C(=O)O. The van der Waals surface area contributed by atoms with Crippen LogP contribution < -0.4 is 21.7 Å². The van der Waals surface area contributed by atoms with Gasteiger partial charge in [-0.2, -0.15) is 0 Å². The summed E-state index contributed by atoms with van der Waals surface area (Å²) in [5, 5.41) is 25.7. The van der Waals surface area contributed by atoms with E-state index in [1.165, 1.54) is 19.1 Å². The number of hydrogen-bond donors (Lipinski definition) is 6. The molecule has 0 bridgehead atoms. The molecule has 0 saturated carbocycles. The maximum atomic E-state index is 12.2. The van der Waals surface area contributed by atoms with Gasteiger partial charge in [0.25, 0.3) is 0 Å². The second-order valence-corrected chi connectivity index (χ2v) is 7.05. The van der Waals surface area contributed by atoms with Gasteiger partial charge in [0.05, 0.1) is 12.6 Å². The Morgan fingerprint density at radius 2 is 1.59 bits per heavy atom. The van der Waals surface area contributed by atoms with Crippen molar-refractivity contribution in [3.63, 3.8) is 0 Å². The van der Waals surface area contributed by atoms with Crippen molar-refractivity contribution in [2.75, 3.05) is 6.54 Å². The lowest BCUT2D eigenvalue weighted by Crippen LogP contribution is -2.53. The molecule has 0 aliphatic carbocycles. The number of rotatable bonds is 10. The molecule has 0 spiro atoms. The van der Waals surface area contributed by atoms with Crippen LogP contribution in [0, 0.1) is 5.92 Å². The lowest BCUT2D eigenvalue weighted by atomic mass is 10.1. The molecule has 0 saturated heterocycles. The zero-order valence-corrected chi connectivity index (χ0v) is 16.6. The van der Waals surface area contributed by atoms with Crippen LogP contribution in [-0.2, 0) is 25.6 Å². The van der Waals surface area contributed by atoms with Crippen molar-refractivity contribution in [2.45, 2.75) is 45.3 Å². The largest absolute Gasteiger partial charge is 0.508 e. The van der Waals surface area contributed by atoms with Crippen LogP contribution in [0.2, 0.25) is 0 Å². The van der Waals surface area contributed by atoms with E-state index in [1.807, 2.05) is 0 Å². The molecule has 0 aliphatic heterocycles. The molecule has 3 amide bonds. The Labute approximate surface area is 168 Å². The summed E-state index contributed by atoms with van der Waals surface area (Å²) in [6, 6.07) is 2.95. The van der Waals surface area contributed by atoms with Crippen LogP contribution >= 0.6 is 0 Å². The summed E-state index contributed by atoms with van der Waals surface area (Å²) in [5.41, 5.74) is 6.28. The van der Waals surface area contributed by atoms with E-state index in [0.717, 1.165) is 0 Å². The number of amides is 3. The van der Waals surface area contributed by atoms with E-state index in [9.17, 15) is 29.4 Å². The zero-order valence-electron chi connectivity index (χ0n) is 16.6. The van der Waals surface area contributed by atoms with Gasteiger partial charge in [-0.15, -0.1) is 0 Å². The van der Waals surface area contributed by atoms with E-state index in [4.69, 9.17) is 5.73 Å². The smallest absolute Gasteiger partial charge is 0.326 e. The zero-order chi connectivity index (χ0) is 22.1. The van der Waals surface area contributed by atoms with E-state index in [1.54, 1.807) is 26.0 Å². The lowest BCUT2D eigenvalue weighted by Gasteiger charge is -2.19. The molecule has 3 unspecified atom stereocenters. The van der Waals surface area contributed by atoms with Crippen LogP contribution in [0.15, 0.2) is 24.3 Å². The number of aliphatic carboxylic acids is 1. The minimum Gasteiger partial charge on any atom is -0.508 e. The third-order valence-corrected chi connectivity index (χ3v) is 4.21. The number of hydrogen-bond acceptors (Lipinski definition) is 6. The molecule has 10 heteroatoms. The predicted octanol–water partition coefficient (Wildman–Crippen LogP) is -0.892. The Morgan fingerprint density at radius 3 is 2.10 bits per heavy atom. The number of nitrogens with one attached hydrogen (secondary N) is 3. The van der Waals surface area contributed by atoms with Gasteiger partial charge in [0.2, 0.25) is 17.7 Å². The average Bonchev–Trinajstić information content (AvgIpc) is 2.66. The van der Waals surface area contributed by atoms with Crippen molar-refractivity contribution in [3.05, 3.63) is 29.8 Å². The first-order valence-electron chi connectivity index (χ1n) is 9.15. The monoisotopic (exact) mass is 408 g/mol. The minimum atomic E-state index is -1.24. The molecular formula is C19H28N4O6. The molecule has 0 aromatic heterocycles. The number of benzene rings is 1. The van der Waals surface area contributed by atoms with Crippen molar-refractivity contribution in [3.8, 4) is 5.75 Å². The van der Waals surface area contributed by atoms with Gasteiger partial charge in [0.1, 0.15) is 17.8 Å². The molecule has 0 aliphatic rings. The number of carboxylic acids is 1. The number of aromatic hydroxyl groups is 1. The first kappa shape index (κ1) is 23.9. The fourth-order valence-corrected chi connectivity index (χ4v) is 2.31. The molecule has 0 fully saturated rings. The van der Waals surface area contributed by atoms with Gasteiger partial charge in [-0.1, -0.05) is 26.0 Å². The molecule has 0 heterocycles. The van der Waals surface area contributed by atoms with Crippen molar-refractivity contribution < 1.29 is 29.4 Å². The van der Waals surface area contributed by atoms with Gasteiger partial charge in [0.15, 0.2) is 0 Å². The van der Waals surface area contributed by atoms with Gasteiger partial charge in [-0.25, -0.2) is 4.79 Å². The van der Waals surface area contributed by atoms with E-state index in [-0.39, 0.29) is 24.6 Å². The van der Waals surface area contributed by atoms with Crippen LogP contribution in [0.4, 0.5) is 0 Å². The number of carboxylic acid groups (broad SMARTS) is 1. The van der Waals surface area contributed by atoms with E-state index in [0.29, 0.717) is 5.56 Å². The summed E-state index contributed by atoms with van der Waals surface area (Å²) in [7, 11) is 0. The van der Waals surface area contributed by atoms with Gasteiger partial charge < -0.3 is 31.9 Å². The Bertz CT molecular complexity index is 735. The van der Waals surface area contributed by atoms with Crippen LogP contribution in [0.5, 0.6) is 5.75 Å². The summed E-state index contributed by atoms with van der Waals surface area (Å²) >= 11 is 0. The third-order valence-electron chi connectivity index (χ3n) is 4.21. The lowest BCUT2D eigenvalue weighted by molar-refractivity contribution is -0.142. The topological polar surface area (TPSA) is 171 Å². The second-order valence-electron chi connectivity index (χ2n) is 7.05. The van der Waals surface area contributed by atoms with Gasteiger partial charge in [-0.3, -0.25) is 14.4 Å². The predicted molar refractivity (Wildman–Crippen MR) is 105 cm³/mol. The average molecular weight is 408 g/mol. The standard InChI is InChI=1S/C19H28N4O6/c1-10(2)16(20)18(27)21-9-15(25)22-11(3)17(26)23-14(19(28)29)8-12-4-6-13(24)7-5-12/h4-7,10-11,14,16,24H,8-9,20H2,1-3H3,(H,21,27)(H,22,25)(H,23,26)(H,28,29). The third kappa shape index (κ3) is 8.18. The van der Waals surface area contributed by atoms with Gasteiger partial charge in [0, 0.05) is 6.42 Å². The summed E-state index contributed by atoms with van der Waals surface area (Å²) < 4.78 is 0. The normalized spacial score (nSPS) is 13.8. The Kier molecular flexibility index (Phi) is 9.07. The first-order valence-corrected chi connectivity index (χ1v) is 9.15. The molecular weight excluding hydrogens is 380 g/mol. The number of carbonyl (C=O) groups excluding carboxylic acids is 3. The Hall–Kier alpha value is -3.14. The molecule has 1 aromatic rings. The Balaban J connectivity index is 2.55. The van der Waals surface area contributed by atoms with Crippen LogP contribution in [-0.4, -0.2) is 58.6 Å². The van der Waals surface area contributed by atoms with Crippen molar-refractivity contribution in [2.24, 2.45) is 11.7 Å². The quantitative estimate of drug-likeness (QED) is 0.291. The highest BCUT2D eigenvalue weighted by Crippen LogP contribution is 2.11. The van der Waals surface area contributed by atoms with E-state index < -0.39 is 41.8 Å². The number of nitrogens with two attached hydrogens (primary N) is 1. The molecule has 7 N–H and O–H groups in total. The summed E-state index contributed by atoms with van der Waals surface area (Å²) in [6.45, 7) is 4.59. The van der Waals surface area contributed by atoms with Crippen LogP contribution in [0.1, 0.15) is 26.3 Å². The Morgan fingerprint density at radius 1 is 1.00 bits per heavy atom. The number of phenolic OH excluding ortho intramolecular Hbond substituents is 1. The highest BCUT2D eigenvalue weighted by atomic mass is 16.4. The van der Waals surface area contributed by atoms with Crippen LogP contribution in [0.25, 0.3) is 0 Å². The van der Waals surface area contributed by atoms with Gasteiger partial charge in [-0.05, 0) is 30.5 Å². The molecule has 29 heavy (non-hydrogen) atoms. The van der Waals surface area contributed by atoms with Crippen molar-refractivity contribution in [1.29, 1.82) is 0 Å². The molecule has 1 rings (SSSR count). The summed E-state index contributed by atoms with van der Waals surface area (Å²) in [5.74, 6) is -3.06. The molecule has 1 aromatic carbocycles. The summed E-state index contributed by atoms with van der Waals surface area (Å²) in [4.78, 5) is 47.3. The van der Waals surface area contributed by atoms with Gasteiger partial charge >= 0.3 is 5.97 Å². The highest BCUT2D eigenvalue weighted by Gasteiger charge is 2.24. The summed E-state index contributed by atoms with van der Waals surface area (Å²) in [6.07, 6.45) is 0.00513. The number of phenols is 1. The van der Waals surface area contributed by atoms with Crippen molar-refractivity contribution >= 4 is 23.7 Å². The molecule has 160 valence electrons. The minimum absolute atomic E-state index is 0.00513. The fourth-order valence-electron chi connectivity index (χ4n) is 2.31. The fraction of sp³-hybridized carbons (Fsp3) is 0.474. The second kappa shape index (κ2) is 11.0. The molecule has 10 nitrogen and oxygen atoms in total. The maximum absolute atomic E-state index is 12.2. The van der Waals surface area contributed by atoms with E-state index >= 15 is 0 Å². The number of carbonyl (C=O) groups is 4. The molecule has 3 atom stereocenters. The maximum Gasteiger partial charge on any atom is 0.326 e. The van der Waals surface area contributed by atoms with Crippen LogP contribution in [0.3, 0.4) is 0 Å².